The fourth-order valence-electron chi connectivity index (χ4n) is 1.53. The molecule has 0 amide bonds. The molecule has 0 fully saturated rings. The molecule has 0 saturated carbocycles. The summed E-state index contributed by atoms with van der Waals surface area (Å²) in [4.78, 5) is 0. The Morgan fingerprint density at radius 1 is 1.20 bits per heavy atom. The topological polar surface area (TPSA) is 33.4 Å². The minimum absolute atomic E-state index is 0.480. The summed E-state index contributed by atoms with van der Waals surface area (Å²) in [7, 11) is 0. The molecular formula is C13H14O2. The second-order valence-corrected chi connectivity index (χ2v) is 3.76. The van der Waals surface area contributed by atoms with E-state index in [9.17, 15) is 5.11 Å². The number of aliphatic hydroxyl groups excluding tert-OH is 1. The summed E-state index contributed by atoms with van der Waals surface area (Å²) in [6.07, 6.45) is 3.30. The number of hydrogen-bond donors (Lipinski definition) is 1. The van der Waals surface area contributed by atoms with Gasteiger partial charge in [0, 0.05) is 12.0 Å². The molecule has 0 aliphatic heterocycles. The normalized spacial score (nSPS) is 12.7. The fourth-order valence-corrected chi connectivity index (χ4v) is 1.53. The molecule has 0 saturated heterocycles. The Balaban J connectivity index is 2.06. The molecule has 2 rings (SSSR count). The van der Waals surface area contributed by atoms with Crippen LogP contribution >= 0.6 is 0 Å². The van der Waals surface area contributed by atoms with Crippen LogP contribution in [-0.4, -0.2) is 5.11 Å². The molecule has 2 aromatic rings. The molecule has 1 unspecified atom stereocenters. The number of benzene rings is 1. The molecule has 2 heteroatoms. The summed E-state index contributed by atoms with van der Waals surface area (Å²) in [5, 5.41) is 9.87. The highest BCUT2D eigenvalue weighted by atomic mass is 16.3. The van der Waals surface area contributed by atoms with Crippen LogP contribution in [0.1, 0.15) is 22.8 Å². The highest BCUT2D eigenvalue weighted by Crippen LogP contribution is 2.18. The lowest BCUT2D eigenvalue weighted by Gasteiger charge is -2.08. The maximum atomic E-state index is 9.87. The third-order valence-corrected chi connectivity index (χ3v) is 2.48. The average Bonchev–Trinajstić information content (AvgIpc) is 2.74. The van der Waals surface area contributed by atoms with Crippen molar-refractivity contribution >= 4 is 0 Å². The van der Waals surface area contributed by atoms with Gasteiger partial charge in [-0.2, -0.15) is 0 Å². The van der Waals surface area contributed by atoms with Gasteiger partial charge in [-0.05, 0) is 18.6 Å². The molecule has 2 nitrogen and oxygen atoms in total. The summed E-state index contributed by atoms with van der Waals surface area (Å²) in [6.45, 7) is 2.05. The minimum atomic E-state index is -0.480. The van der Waals surface area contributed by atoms with E-state index in [0.29, 0.717) is 6.42 Å². The van der Waals surface area contributed by atoms with Gasteiger partial charge in [-0.25, -0.2) is 0 Å². The Bertz CT molecular complexity index is 401. The number of aryl methyl sites for hydroxylation is 1. The number of aliphatic hydroxyl groups is 1. The summed E-state index contributed by atoms with van der Waals surface area (Å²) in [6, 6.07) is 9.98. The van der Waals surface area contributed by atoms with Gasteiger partial charge in [-0.3, -0.25) is 0 Å². The van der Waals surface area contributed by atoms with Gasteiger partial charge in [-0.1, -0.05) is 29.8 Å². The van der Waals surface area contributed by atoms with Gasteiger partial charge in [0.15, 0.2) is 0 Å². The minimum Gasteiger partial charge on any atom is -0.472 e. The van der Waals surface area contributed by atoms with E-state index >= 15 is 0 Å². The zero-order chi connectivity index (χ0) is 10.7. The first-order valence-corrected chi connectivity index (χ1v) is 5.01. The Kier molecular flexibility index (Phi) is 2.88. The Morgan fingerprint density at radius 3 is 2.53 bits per heavy atom. The second kappa shape index (κ2) is 4.32. The molecule has 78 valence electrons. The molecule has 0 aliphatic carbocycles. The van der Waals surface area contributed by atoms with Gasteiger partial charge in [0.1, 0.15) is 0 Å². The molecule has 0 radical (unpaired) electrons. The Labute approximate surface area is 89.2 Å². The predicted molar refractivity (Wildman–Crippen MR) is 58.6 cm³/mol. The largest absolute Gasteiger partial charge is 0.472 e. The number of furan rings is 1. The van der Waals surface area contributed by atoms with Crippen molar-refractivity contribution in [2.45, 2.75) is 19.4 Å². The van der Waals surface area contributed by atoms with E-state index < -0.39 is 6.10 Å². The van der Waals surface area contributed by atoms with Crippen molar-refractivity contribution < 1.29 is 9.52 Å². The molecule has 0 bridgehead atoms. The zero-order valence-corrected chi connectivity index (χ0v) is 8.68. The van der Waals surface area contributed by atoms with Gasteiger partial charge < -0.3 is 9.52 Å². The highest BCUT2D eigenvalue weighted by Gasteiger charge is 2.09. The SMILES string of the molecule is Cc1ccc(CC(O)c2ccoc2)cc1. The molecule has 1 aromatic carbocycles. The lowest BCUT2D eigenvalue weighted by atomic mass is 10.0. The molecule has 15 heavy (non-hydrogen) atoms. The van der Waals surface area contributed by atoms with Crippen LogP contribution in [0.15, 0.2) is 47.3 Å². The Morgan fingerprint density at radius 2 is 1.93 bits per heavy atom. The van der Waals surface area contributed by atoms with Crippen LogP contribution in [0.5, 0.6) is 0 Å². The second-order valence-electron chi connectivity index (χ2n) is 3.76. The van der Waals surface area contributed by atoms with Crippen molar-refractivity contribution in [3.63, 3.8) is 0 Å². The third-order valence-electron chi connectivity index (χ3n) is 2.48. The van der Waals surface area contributed by atoms with Gasteiger partial charge in [0.05, 0.1) is 18.6 Å². The maximum Gasteiger partial charge on any atom is 0.0960 e. The summed E-state index contributed by atoms with van der Waals surface area (Å²) in [5.74, 6) is 0. The van der Waals surface area contributed by atoms with E-state index in [1.807, 2.05) is 12.1 Å². The first-order valence-electron chi connectivity index (χ1n) is 5.01. The van der Waals surface area contributed by atoms with Crippen molar-refractivity contribution in [3.05, 3.63) is 59.5 Å². The molecule has 0 spiro atoms. The van der Waals surface area contributed by atoms with Crippen molar-refractivity contribution in [2.24, 2.45) is 0 Å². The maximum absolute atomic E-state index is 9.87. The lowest BCUT2D eigenvalue weighted by molar-refractivity contribution is 0.177. The van der Waals surface area contributed by atoms with Crippen LogP contribution in [-0.2, 0) is 6.42 Å². The van der Waals surface area contributed by atoms with E-state index in [0.717, 1.165) is 11.1 Å². The van der Waals surface area contributed by atoms with E-state index in [-0.39, 0.29) is 0 Å². The summed E-state index contributed by atoms with van der Waals surface area (Å²) in [5.41, 5.74) is 3.20. The quantitative estimate of drug-likeness (QED) is 0.830. The van der Waals surface area contributed by atoms with Crippen LogP contribution in [0.4, 0.5) is 0 Å². The predicted octanol–water partition coefficient (Wildman–Crippen LogP) is 2.86. The zero-order valence-electron chi connectivity index (χ0n) is 8.68. The molecule has 1 heterocycles. The molecule has 0 aliphatic rings. The monoisotopic (exact) mass is 202 g/mol. The lowest BCUT2D eigenvalue weighted by Crippen LogP contribution is -2.00. The van der Waals surface area contributed by atoms with Crippen molar-refractivity contribution in [2.75, 3.05) is 0 Å². The average molecular weight is 202 g/mol. The molecule has 1 atom stereocenters. The molecular weight excluding hydrogens is 188 g/mol. The van der Waals surface area contributed by atoms with Gasteiger partial charge in [0.25, 0.3) is 0 Å². The smallest absolute Gasteiger partial charge is 0.0960 e. The summed E-state index contributed by atoms with van der Waals surface area (Å²) >= 11 is 0. The van der Waals surface area contributed by atoms with Crippen LogP contribution < -0.4 is 0 Å². The van der Waals surface area contributed by atoms with Crippen molar-refractivity contribution in [3.8, 4) is 0 Å². The van der Waals surface area contributed by atoms with Gasteiger partial charge in [-0.15, -0.1) is 0 Å². The number of hydrogen-bond acceptors (Lipinski definition) is 2. The molecule has 1 N–H and O–H groups in total. The van der Waals surface area contributed by atoms with E-state index in [1.165, 1.54) is 5.56 Å². The summed E-state index contributed by atoms with van der Waals surface area (Å²) < 4.78 is 4.93. The molecule has 1 aromatic heterocycles. The van der Waals surface area contributed by atoms with E-state index in [2.05, 4.69) is 19.1 Å². The van der Waals surface area contributed by atoms with Crippen LogP contribution in [0.3, 0.4) is 0 Å². The number of rotatable bonds is 3. The van der Waals surface area contributed by atoms with Crippen LogP contribution in [0.2, 0.25) is 0 Å². The van der Waals surface area contributed by atoms with Crippen molar-refractivity contribution in [1.82, 2.24) is 0 Å². The van der Waals surface area contributed by atoms with E-state index in [1.54, 1.807) is 18.6 Å². The van der Waals surface area contributed by atoms with Crippen molar-refractivity contribution in [1.29, 1.82) is 0 Å². The highest BCUT2D eigenvalue weighted by molar-refractivity contribution is 5.23. The Hall–Kier alpha value is -1.54. The first-order chi connectivity index (χ1) is 7.25. The van der Waals surface area contributed by atoms with Gasteiger partial charge in [0.2, 0.25) is 0 Å². The van der Waals surface area contributed by atoms with Gasteiger partial charge >= 0.3 is 0 Å². The standard InChI is InChI=1S/C13H14O2/c1-10-2-4-11(5-3-10)8-13(14)12-6-7-15-9-12/h2-7,9,13-14H,8H2,1H3. The first kappa shape index (κ1) is 9.99. The fraction of sp³-hybridized carbons (Fsp3) is 0.231. The van der Waals surface area contributed by atoms with Crippen LogP contribution in [0, 0.1) is 6.92 Å². The van der Waals surface area contributed by atoms with Crippen LogP contribution in [0.25, 0.3) is 0 Å². The third kappa shape index (κ3) is 2.48. The van der Waals surface area contributed by atoms with E-state index in [4.69, 9.17) is 4.42 Å².